The highest BCUT2D eigenvalue weighted by Crippen LogP contribution is 2.53. The number of halogens is 3. The number of alkyl halides is 2. The fourth-order valence-corrected chi connectivity index (χ4v) is 2.79. The molecule has 0 N–H and O–H groups in total. The van der Waals surface area contributed by atoms with Crippen LogP contribution in [-0.4, -0.2) is 10.9 Å². The molecule has 6 heteroatoms. The Bertz CT molecular complexity index is 736. The van der Waals surface area contributed by atoms with E-state index < -0.39 is 9.96 Å². The molecule has 3 rings (SSSR count). The van der Waals surface area contributed by atoms with E-state index in [9.17, 15) is 4.79 Å². The molecule has 1 aliphatic carbocycles. The van der Waals surface area contributed by atoms with Gasteiger partial charge in [-0.2, -0.15) is 0 Å². The minimum absolute atomic E-state index is 0.0992. The number of aryl methyl sites for hydroxylation is 1. The number of benzene rings is 1. The summed E-state index contributed by atoms with van der Waals surface area (Å²) >= 11 is 18.1. The smallest absolute Gasteiger partial charge is 0.336 e. The Labute approximate surface area is 130 Å². The molecule has 106 valence electrons. The van der Waals surface area contributed by atoms with Crippen molar-refractivity contribution in [3.63, 3.8) is 0 Å². The second-order valence-corrected chi connectivity index (χ2v) is 6.95. The van der Waals surface area contributed by atoms with E-state index in [0.29, 0.717) is 29.4 Å². The highest BCUT2D eigenvalue weighted by atomic mass is 35.5. The predicted octanol–water partition coefficient (Wildman–Crippen LogP) is 4.33. The summed E-state index contributed by atoms with van der Waals surface area (Å²) < 4.78 is 10.1. The number of hydrogen-bond donors (Lipinski definition) is 0. The van der Waals surface area contributed by atoms with Crippen molar-refractivity contribution < 1.29 is 9.15 Å². The Morgan fingerprint density at radius 2 is 2.10 bits per heavy atom. The van der Waals surface area contributed by atoms with Crippen molar-refractivity contribution in [1.82, 2.24) is 0 Å². The van der Waals surface area contributed by atoms with E-state index in [-0.39, 0.29) is 5.92 Å². The lowest BCUT2D eigenvalue weighted by Crippen LogP contribution is -2.05. The van der Waals surface area contributed by atoms with Crippen molar-refractivity contribution in [2.24, 2.45) is 5.92 Å². The summed E-state index contributed by atoms with van der Waals surface area (Å²) in [5.41, 5.74) is 0.867. The van der Waals surface area contributed by atoms with Gasteiger partial charge < -0.3 is 9.15 Å². The zero-order valence-corrected chi connectivity index (χ0v) is 12.9. The zero-order valence-electron chi connectivity index (χ0n) is 10.6. The summed E-state index contributed by atoms with van der Waals surface area (Å²) in [6.45, 7) is 2.21. The molecular weight excluding hydrogens is 323 g/mol. The van der Waals surface area contributed by atoms with Crippen LogP contribution in [0.5, 0.6) is 5.75 Å². The molecule has 0 bridgehead atoms. The van der Waals surface area contributed by atoms with E-state index in [4.69, 9.17) is 44.0 Å². The van der Waals surface area contributed by atoms with Crippen LogP contribution in [0.3, 0.4) is 0 Å². The lowest BCUT2D eigenvalue weighted by Gasteiger charge is -2.09. The van der Waals surface area contributed by atoms with Gasteiger partial charge in [-0.1, -0.05) is 11.6 Å². The summed E-state index contributed by atoms with van der Waals surface area (Å²) in [5.74, 6) is 0.561. The van der Waals surface area contributed by atoms with Crippen molar-refractivity contribution in [2.75, 3.05) is 6.61 Å². The highest BCUT2D eigenvalue weighted by molar-refractivity contribution is 6.50. The van der Waals surface area contributed by atoms with Gasteiger partial charge in [0.2, 0.25) is 0 Å². The predicted molar refractivity (Wildman–Crippen MR) is 80.3 cm³/mol. The van der Waals surface area contributed by atoms with Crippen molar-refractivity contribution in [3.05, 3.63) is 39.2 Å². The third-order valence-corrected chi connectivity index (χ3v) is 4.62. The molecule has 0 spiro atoms. The largest absolute Gasteiger partial charge is 0.491 e. The van der Waals surface area contributed by atoms with Crippen LogP contribution >= 0.6 is 34.8 Å². The van der Waals surface area contributed by atoms with Gasteiger partial charge in [0.25, 0.3) is 0 Å². The molecule has 2 aromatic rings. The van der Waals surface area contributed by atoms with Gasteiger partial charge in [0, 0.05) is 23.4 Å². The van der Waals surface area contributed by atoms with E-state index >= 15 is 0 Å². The molecule has 0 saturated heterocycles. The molecule has 1 atom stereocenters. The number of fused-ring (bicyclic) bond motifs is 1. The van der Waals surface area contributed by atoms with Crippen molar-refractivity contribution in [1.29, 1.82) is 0 Å². The Morgan fingerprint density at radius 1 is 1.40 bits per heavy atom. The minimum Gasteiger partial charge on any atom is -0.491 e. The molecule has 1 aliphatic rings. The van der Waals surface area contributed by atoms with Crippen LogP contribution < -0.4 is 10.4 Å². The molecule has 1 aromatic carbocycles. The summed E-state index contributed by atoms with van der Waals surface area (Å²) in [6.07, 6.45) is 0.704. The van der Waals surface area contributed by atoms with E-state index in [1.807, 2.05) is 6.92 Å². The van der Waals surface area contributed by atoms with Gasteiger partial charge in [-0.25, -0.2) is 4.79 Å². The third-order valence-electron chi connectivity index (χ3n) is 3.40. The Balaban J connectivity index is 1.91. The maximum atomic E-state index is 11.4. The Kier molecular flexibility index (Phi) is 3.39. The molecule has 20 heavy (non-hydrogen) atoms. The normalized spacial score (nSPS) is 20.1. The number of rotatable bonds is 3. The zero-order chi connectivity index (χ0) is 14.5. The van der Waals surface area contributed by atoms with E-state index in [2.05, 4.69) is 0 Å². The third kappa shape index (κ3) is 2.62. The lowest BCUT2D eigenvalue weighted by atomic mass is 10.1. The fraction of sp³-hybridized carbons (Fsp3) is 0.357. The topological polar surface area (TPSA) is 39.4 Å². The first-order chi connectivity index (χ1) is 9.37. The average Bonchev–Trinajstić information content (AvgIpc) is 2.95. The van der Waals surface area contributed by atoms with Gasteiger partial charge in [-0.3, -0.25) is 0 Å². The van der Waals surface area contributed by atoms with Crippen LogP contribution in [0.15, 0.2) is 27.4 Å². The van der Waals surface area contributed by atoms with Crippen LogP contribution in [0.25, 0.3) is 11.0 Å². The molecule has 0 amide bonds. The molecule has 1 saturated carbocycles. The first-order valence-corrected chi connectivity index (χ1v) is 7.25. The Morgan fingerprint density at radius 3 is 2.75 bits per heavy atom. The quantitative estimate of drug-likeness (QED) is 0.620. The minimum atomic E-state index is -0.688. The first-order valence-electron chi connectivity index (χ1n) is 6.11. The van der Waals surface area contributed by atoms with Crippen LogP contribution in [0.4, 0.5) is 0 Å². The van der Waals surface area contributed by atoms with Gasteiger partial charge in [-0.15, -0.1) is 23.2 Å². The van der Waals surface area contributed by atoms with Crippen LogP contribution in [0, 0.1) is 12.8 Å². The van der Waals surface area contributed by atoms with Gasteiger partial charge >= 0.3 is 5.63 Å². The monoisotopic (exact) mass is 332 g/mol. The number of ether oxygens (including phenoxy) is 1. The van der Waals surface area contributed by atoms with E-state index in [1.165, 1.54) is 6.07 Å². The maximum absolute atomic E-state index is 11.4. The molecule has 0 aliphatic heterocycles. The van der Waals surface area contributed by atoms with Gasteiger partial charge in [0.15, 0.2) is 0 Å². The molecule has 1 fully saturated rings. The molecule has 1 heterocycles. The van der Waals surface area contributed by atoms with Crippen molar-refractivity contribution in [2.45, 2.75) is 17.7 Å². The van der Waals surface area contributed by atoms with Crippen molar-refractivity contribution in [3.8, 4) is 5.75 Å². The Hall–Kier alpha value is -0.900. The summed E-state index contributed by atoms with van der Waals surface area (Å²) in [7, 11) is 0. The molecule has 0 radical (unpaired) electrons. The fourth-order valence-electron chi connectivity index (χ4n) is 2.07. The van der Waals surface area contributed by atoms with Crippen molar-refractivity contribution >= 4 is 45.8 Å². The molecular formula is C14H11Cl3O3. The second-order valence-electron chi connectivity index (χ2n) is 5.00. The second kappa shape index (κ2) is 4.83. The van der Waals surface area contributed by atoms with Crippen LogP contribution in [-0.2, 0) is 0 Å². The average molecular weight is 334 g/mol. The molecule has 1 aromatic heterocycles. The van der Waals surface area contributed by atoms with Gasteiger partial charge in [0.05, 0.1) is 11.6 Å². The summed E-state index contributed by atoms with van der Waals surface area (Å²) in [6, 6.07) is 4.78. The van der Waals surface area contributed by atoms with Crippen LogP contribution in [0.2, 0.25) is 5.02 Å². The van der Waals surface area contributed by atoms with Gasteiger partial charge in [0.1, 0.15) is 15.7 Å². The van der Waals surface area contributed by atoms with Crippen LogP contribution in [0.1, 0.15) is 12.0 Å². The first kappa shape index (κ1) is 14.1. The highest BCUT2D eigenvalue weighted by Gasteiger charge is 2.52. The molecule has 3 nitrogen and oxygen atoms in total. The van der Waals surface area contributed by atoms with Gasteiger partial charge in [-0.05, 0) is 25.0 Å². The standard InChI is InChI=1S/C14H11Cl3O3/c1-7-2-13(18)20-11-4-12(10(15)3-9(7)11)19-6-8-5-14(8,16)17/h2-4,8H,5-6H2,1H3/t8-/m1/s1. The SMILES string of the molecule is Cc1cc(=O)oc2cc(OC[C@H]3CC3(Cl)Cl)c(Cl)cc12. The molecule has 0 unspecified atom stereocenters. The van der Waals surface area contributed by atoms with E-state index in [1.54, 1.807) is 12.1 Å². The maximum Gasteiger partial charge on any atom is 0.336 e. The summed E-state index contributed by atoms with van der Waals surface area (Å²) in [5, 5.41) is 1.25. The lowest BCUT2D eigenvalue weighted by molar-refractivity contribution is 0.298. The van der Waals surface area contributed by atoms with E-state index in [0.717, 1.165) is 10.9 Å². The number of hydrogen-bond acceptors (Lipinski definition) is 3. The summed E-state index contributed by atoms with van der Waals surface area (Å²) in [4.78, 5) is 11.4.